The molecule has 0 aromatic carbocycles. The minimum absolute atomic E-state index is 0.147. The number of hydrogen-bond donors (Lipinski definition) is 1. The number of halogens is 1. The van der Waals surface area contributed by atoms with Gasteiger partial charge in [0.1, 0.15) is 11.6 Å². The van der Waals surface area contributed by atoms with E-state index in [1.165, 1.54) is 25.3 Å². The third-order valence-electron chi connectivity index (χ3n) is 3.69. The third-order valence-corrected chi connectivity index (χ3v) is 3.69. The summed E-state index contributed by atoms with van der Waals surface area (Å²) in [4.78, 5) is 18.2. The van der Waals surface area contributed by atoms with Crippen LogP contribution in [-0.4, -0.2) is 35.9 Å². The third kappa shape index (κ3) is 3.03. The van der Waals surface area contributed by atoms with Crippen LogP contribution in [0.5, 0.6) is 0 Å². The SMILES string of the molecule is CCN(CC1CCC1)C(=O)c1cc(F)cnc1NC. The highest BCUT2D eigenvalue weighted by Gasteiger charge is 2.25. The molecule has 0 radical (unpaired) electrons. The smallest absolute Gasteiger partial charge is 0.257 e. The first-order valence-electron chi connectivity index (χ1n) is 6.78. The molecule has 0 spiro atoms. The van der Waals surface area contributed by atoms with E-state index in [0.717, 1.165) is 12.7 Å². The van der Waals surface area contributed by atoms with E-state index in [-0.39, 0.29) is 5.91 Å². The van der Waals surface area contributed by atoms with E-state index in [2.05, 4.69) is 10.3 Å². The first kappa shape index (κ1) is 13.8. The molecular weight excluding hydrogens is 245 g/mol. The van der Waals surface area contributed by atoms with Crippen LogP contribution in [0.3, 0.4) is 0 Å². The highest BCUT2D eigenvalue weighted by atomic mass is 19.1. The minimum atomic E-state index is -0.484. The lowest BCUT2D eigenvalue weighted by Gasteiger charge is -2.32. The summed E-state index contributed by atoms with van der Waals surface area (Å²) in [5, 5.41) is 2.84. The number of carbonyl (C=O) groups is 1. The van der Waals surface area contributed by atoms with Crippen LogP contribution in [0.2, 0.25) is 0 Å². The van der Waals surface area contributed by atoms with Gasteiger partial charge < -0.3 is 10.2 Å². The van der Waals surface area contributed by atoms with E-state index in [0.29, 0.717) is 23.8 Å². The van der Waals surface area contributed by atoms with Crippen molar-refractivity contribution < 1.29 is 9.18 Å². The average Bonchev–Trinajstić information content (AvgIpc) is 2.37. The Bertz CT molecular complexity index is 460. The zero-order chi connectivity index (χ0) is 13.8. The molecule has 104 valence electrons. The lowest BCUT2D eigenvalue weighted by Crippen LogP contribution is -2.37. The number of amides is 1. The first-order chi connectivity index (χ1) is 9.15. The Kier molecular flexibility index (Phi) is 4.35. The maximum Gasteiger partial charge on any atom is 0.257 e. The maximum atomic E-state index is 13.3. The van der Waals surface area contributed by atoms with Crippen molar-refractivity contribution in [3.8, 4) is 0 Å². The van der Waals surface area contributed by atoms with Gasteiger partial charge in [0.25, 0.3) is 5.91 Å². The van der Waals surface area contributed by atoms with Crippen molar-refractivity contribution in [2.45, 2.75) is 26.2 Å². The molecule has 1 fully saturated rings. The van der Waals surface area contributed by atoms with E-state index in [1.807, 2.05) is 6.92 Å². The van der Waals surface area contributed by atoms with E-state index in [4.69, 9.17) is 0 Å². The molecule has 0 unspecified atom stereocenters. The van der Waals surface area contributed by atoms with Crippen LogP contribution < -0.4 is 5.32 Å². The van der Waals surface area contributed by atoms with Gasteiger partial charge in [0.15, 0.2) is 0 Å². The van der Waals surface area contributed by atoms with Gasteiger partial charge in [-0.2, -0.15) is 0 Å². The normalized spacial score (nSPS) is 14.9. The summed E-state index contributed by atoms with van der Waals surface area (Å²) in [5.74, 6) is 0.398. The molecule has 1 aromatic heterocycles. The molecule has 4 nitrogen and oxygen atoms in total. The zero-order valence-corrected chi connectivity index (χ0v) is 11.4. The number of aromatic nitrogens is 1. The lowest BCUT2D eigenvalue weighted by atomic mass is 9.85. The van der Waals surface area contributed by atoms with Crippen molar-refractivity contribution in [2.75, 3.05) is 25.5 Å². The number of nitrogens with one attached hydrogen (secondary N) is 1. The molecule has 0 aliphatic heterocycles. The van der Waals surface area contributed by atoms with Gasteiger partial charge >= 0.3 is 0 Å². The zero-order valence-electron chi connectivity index (χ0n) is 11.4. The van der Waals surface area contributed by atoms with Crippen molar-refractivity contribution in [3.63, 3.8) is 0 Å². The van der Waals surface area contributed by atoms with Crippen molar-refractivity contribution in [1.82, 2.24) is 9.88 Å². The number of hydrogen-bond acceptors (Lipinski definition) is 3. The largest absolute Gasteiger partial charge is 0.372 e. The summed E-state index contributed by atoms with van der Waals surface area (Å²) in [6.07, 6.45) is 4.73. The number of nitrogens with zero attached hydrogens (tertiary/aromatic N) is 2. The van der Waals surface area contributed by atoms with Gasteiger partial charge in [-0.1, -0.05) is 6.42 Å². The van der Waals surface area contributed by atoms with E-state index in [9.17, 15) is 9.18 Å². The summed E-state index contributed by atoms with van der Waals surface area (Å²) in [7, 11) is 1.68. The number of anilines is 1. The first-order valence-corrected chi connectivity index (χ1v) is 6.78. The number of carbonyl (C=O) groups excluding carboxylic acids is 1. The predicted octanol–water partition coefficient (Wildman–Crippen LogP) is 2.52. The summed E-state index contributed by atoms with van der Waals surface area (Å²) in [5.41, 5.74) is 0.309. The molecule has 1 heterocycles. The van der Waals surface area contributed by atoms with Crippen molar-refractivity contribution in [1.29, 1.82) is 0 Å². The predicted molar refractivity (Wildman–Crippen MR) is 72.7 cm³/mol. The molecule has 1 amide bonds. The fourth-order valence-electron chi connectivity index (χ4n) is 2.31. The second-order valence-electron chi connectivity index (χ2n) is 4.94. The Balaban J connectivity index is 2.17. The lowest BCUT2D eigenvalue weighted by molar-refractivity contribution is 0.0706. The second-order valence-corrected chi connectivity index (χ2v) is 4.94. The molecule has 0 saturated heterocycles. The average molecular weight is 265 g/mol. The van der Waals surface area contributed by atoms with E-state index in [1.54, 1.807) is 11.9 Å². The summed E-state index contributed by atoms with van der Waals surface area (Å²) in [6.45, 7) is 3.34. The summed E-state index contributed by atoms with van der Waals surface area (Å²) in [6, 6.07) is 1.25. The topological polar surface area (TPSA) is 45.2 Å². The molecule has 1 aliphatic rings. The van der Waals surface area contributed by atoms with Crippen molar-refractivity contribution in [2.24, 2.45) is 5.92 Å². The fourth-order valence-corrected chi connectivity index (χ4v) is 2.31. The molecule has 5 heteroatoms. The molecule has 1 aromatic rings. The van der Waals surface area contributed by atoms with Gasteiger partial charge in [-0.25, -0.2) is 9.37 Å². The van der Waals surface area contributed by atoms with Crippen LogP contribution in [0.1, 0.15) is 36.5 Å². The van der Waals surface area contributed by atoms with Crippen molar-refractivity contribution in [3.05, 3.63) is 23.6 Å². The maximum absolute atomic E-state index is 13.3. The molecule has 1 aliphatic carbocycles. The Labute approximate surface area is 113 Å². The fraction of sp³-hybridized carbons (Fsp3) is 0.571. The molecule has 1 N–H and O–H groups in total. The van der Waals surface area contributed by atoms with Crippen LogP contribution in [0.4, 0.5) is 10.2 Å². The summed E-state index contributed by atoms with van der Waals surface area (Å²) < 4.78 is 13.3. The van der Waals surface area contributed by atoms with Gasteiger partial charge in [0.2, 0.25) is 0 Å². The van der Waals surface area contributed by atoms with Gasteiger partial charge in [0.05, 0.1) is 11.8 Å². The van der Waals surface area contributed by atoms with Crippen LogP contribution in [0.25, 0.3) is 0 Å². The molecule has 0 bridgehead atoms. The Morgan fingerprint density at radius 1 is 1.58 bits per heavy atom. The van der Waals surface area contributed by atoms with Crippen LogP contribution in [0.15, 0.2) is 12.3 Å². The highest BCUT2D eigenvalue weighted by Crippen LogP contribution is 2.28. The number of pyridine rings is 1. The molecule has 2 rings (SSSR count). The van der Waals surface area contributed by atoms with Crippen LogP contribution in [0, 0.1) is 11.7 Å². The molecule has 0 atom stereocenters. The molecular formula is C14H20FN3O. The summed E-state index contributed by atoms with van der Waals surface area (Å²) >= 11 is 0. The van der Waals surface area contributed by atoms with E-state index >= 15 is 0 Å². The van der Waals surface area contributed by atoms with E-state index < -0.39 is 5.82 Å². The monoisotopic (exact) mass is 265 g/mol. The molecule has 19 heavy (non-hydrogen) atoms. The molecule has 1 saturated carbocycles. The number of rotatable bonds is 5. The van der Waals surface area contributed by atoms with Gasteiger partial charge in [0, 0.05) is 20.1 Å². The Morgan fingerprint density at radius 2 is 2.32 bits per heavy atom. The highest BCUT2D eigenvalue weighted by molar-refractivity contribution is 5.98. The van der Waals surface area contributed by atoms with Gasteiger partial charge in [-0.15, -0.1) is 0 Å². The van der Waals surface area contributed by atoms with Gasteiger partial charge in [-0.3, -0.25) is 4.79 Å². The second kappa shape index (κ2) is 5.99. The van der Waals surface area contributed by atoms with Crippen LogP contribution in [-0.2, 0) is 0 Å². The minimum Gasteiger partial charge on any atom is -0.372 e. The van der Waals surface area contributed by atoms with Crippen molar-refractivity contribution >= 4 is 11.7 Å². The van der Waals surface area contributed by atoms with Gasteiger partial charge in [-0.05, 0) is 31.7 Å². The Hall–Kier alpha value is -1.65. The van der Waals surface area contributed by atoms with Crippen LogP contribution >= 0.6 is 0 Å². The quantitative estimate of drug-likeness (QED) is 0.889. The Morgan fingerprint density at radius 3 is 2.84 bits per heavy atom. The standard InChI is InChI=1S/C14H20FN3O/c1-3-18(9-10-5-4-6-10)14(19)12-7-11(15)8-17-13(12)16-2/h7-8,10H,3-6,9H2,1-2H3,(H,16,17).